The minimum atomic E-state index is -2.97. The van der Waals surface area contributed by atoms with Crippen molar-refractivity contribution < 1.29 is 18.3 Å². The van der Waals surface area contributed by atoms with E-state index in [9.17, 15) is 13.6 Å². The summed E-state index contributed by atoms with van der Waals surface area (Å²) in [5, 5.41) is 4.01. The molecule has 130 valence electrons. The number of halogens is 2. The Labute approximate surface area is 139 Å². The number of carbonyl (C=O) groups excluding carboxylic acids is 1. The second-order valence-electron chi connectivity index (χ2n) is 5.93. The van der Waals surface area contributed by atoms with Gasteiger partial charge in [0.25, 0.3) is 5.91 Å². The summed E-state index contributed by atoms with van der Waals surface area (Å²) in [5.41, 5.74) is 2.80. The highest BCUT2D eigenvalue weighted by atomic mass is 19.3. The number of hydrogen-bond donors (Lipinski definition) is 0. The van der Waals surface area contributed by atoms with E-state index >= 15 is 0 Å². The first kappa shape index (κ1) is 17.9. The molecule has 0 aliphatic heterocycles. The van der Waals surface area contributed by atoms with Crippen LogP contribution in [0.4, 0.5) is 14.5 Å². The highest BCUT2D eigenvalue weighted by Crippen LogP contribution is 2.26. The molecule has 24 heavy (non-hydrogen) atoms. The summed E-state index contributed by atoms with van der Waals surface area (Å²) < 4.78 is 30.3. The van der Waals surface area contributed by atoms with Gasteiger partial charge in [0.2, 0.25) is 5.88 Å². The molecule has 0 radical (unpaired) electrons. The standard InChI is InChI=1S/C17H21F2N3O2/c1-10(2)22(14-8-11(3)6-7-12(14)4)16(23)13-9-15(21(5)20-13)24-17(18)19/h6-10,17H,1-5H3. The van der Waals surface area contributed by atoms with Gasteiger partial charge in [0.15, 0.2) is 5.69 Å². The Morgan fingerprint density at radius 3 is 2.50 bits per heavy atom. The molecule has 0 aliphatic carbocycles. The molecular formula is C17H21F2N3O2. The zero-order chi connectivity index (χ0) is 18.0. The second-order valence-corrected chi connectivity index (χ2v) is 5.93. The fraction of sp³-hybridized carbons (Fsp3) is 0.412. The molecule has 0 spiro atoms. The molecule has 7 heteroatoms. The molecule has 0 saturated carbocycles. The fourth-order valence-corrected chi connectivity index (χ4v) is 2.48. The van der Waals surface area contributed by atoms with Gasteiger partial charge in [-0.05, 0) is 44.9 Å². The lowest BCUT2D eigenvalue weighted by Gasteiger charge is -2.28. The minimum Gasteiger partial charge on any atom is -0.417 e. The molecule has 1 aromatic heterocycles. The van der Waals surface area contributed by atoms with Gasteiger partial charge in [-0.1, -0.05) is 12.1 Å². The first-order chi connectivity index (χ1) is 11.2. The number of benzene rings is 1. The zero-order valence-electron chi connectivity index (χ0n) is 14.4. The third-order valence-corrected chi connectivity index (χ3v) is 3.63. The number of aryl methyl sites for hydroxylation is 3. The summed E-state index contributed by atoms with van der Waals surface area (Å²) in [6, 6.07) is 6.94. The number of ether oxygens (including phenoxy) is 1. The number of nitrogens with zero attached hydrogens (tertiary/aromatic N) is 3. The monoisotopic (exact) mass is 337 g/mol. The predicted octanol–water partition coefficient (Wildman–Crippen LogP) is 3.69. The van der Waals surface area contributed by atoms with E-state index in [0.717, 1.165) is 21.5 Å². The average Bonchev–Trinajstić information content (AvgIpc) is 2.83. The smallest absolute Gasteiger partial charge is 0.388 e. The maximum atomic E-state index is 12.9. The van der Waals surface area contributed by atoms with Crippen molar-refractivity contribution >= 4 is 11.6 Å². The molecule has 0 aliphatic rings. The lowest BCUT2D eigenvalue weighted by Crippen LogP contribution is -2.38. The molecular weight excluding hydrogens is 316 g/mol. The van der Waals surface area contributed by atoms with Gasteiger partial charge < -0.3 is 9.64 Å². The number of alkyl halides is 2. The minimum absolute atomic E-state index is 0.0581. The van der Waals surface area contributed by atoms with Crippen LogP contribution in [-0.4, -0.2) is 28.3 Å². The van der Waals surface area contributed by atoms with Crippen molar-refractivity contribution in [2.45, 2.75) is 40.3 Å². The first-order valence-electron chi connectivity index (χ1n) is 7.60. The first-order valence-corrected chi connectivity index (χ1v) is 7.60. The molecule has 5 nitrogen and oxygen atoms in total. The van der Waals surface area contributed by atoms with Crippen LogP contribution in [0.1, 0.15) is 35.5 Å². The summed E-state index contributed by atoms with van der Waals surface area (Å²) in [6.45, 7) is 4.67. The molecule has 0 unspecified atom stereocenters. The molecule has 2 aromatic rings. The van der Waals surface area contributed by atoms with Crippen molar-refractivity contribution in [3.05, 3.63) is 41.1 Å². The van der Waals surface area contributed by atoms with Gasteiger partial charge in [0.05, 0.1) is 0 Å². The van der Waals surface area contributed by atoms with Crippen LogP contribution < -0.4 is 9.64 Å². The number of hydrogen-bond acceptors (Lipinski definition) is 3. The topological polar surface area (TPSA) is 47.4 Å². The quantitative estimate of drug-likeness (QED) is 0.836. The van der Waals surface area contributed by atoms with Gasteiger partial charge >= 0.3 is 6.61 Å². The molecule has 1 heterocycles. The summed E-state index contributed by atoms with van der Waals surface area (Å²) in [6.07, 6.45) is 0. The summed E-state index contributed by atoms with van der Waals surface area (Å²) in [7, 11) is 1.45. The van der Waals surface area contributed by atoms with Gasteiger partial charge in [-0.2, -0.15) is 13.9 Å². The number of anilines is 1. The number of aromatic nitrogens is 2. The third-order valence-electron chi connectivity index (χ3n) is 3.63. The van der Waals surface area contributed by atoms with Crippen molar-refractivity contribution in [3.63, 3.8) is 0 Å². The number of carbonyl (C=O) groups is 1. The van der Waals surface area contributed by atoms with E-state index in [2.05, 4.69) is 9.84 Å². The van der Waals surface area contributed by atoms with E-state index in [4.69, 9.17) is 0 Å². The van der Waals surface area contributed by atoms with Crippen molar-refractivity contribution in [3.8, 4) is 5.88 Å². The van der Waals surface area contributed by atoms with Crippen LogP contribution in [0, 0.1) is 13.8 Å². The number of amides is 1. The molecule has 0 bridgehead atoms. The van der Waals surface area contributed by atoms with Crippen LogP contribution in [0.3, 0.4) is 0 Å². The Hall–Kier alpha value is -2.44. The van der Waals surface area contributed by atoms with Crippen molar-refractivity contribution in [2.24, 2.45) is 7.05 Å². The van der Waals surface area contributed by atoms with Crippen LogP contribution in [-0.2, 0) is 7.05 Å². The second kappa shape index (κ2) is 6.98. The Morgan fingerprint density at radius 2 is 1.92 bits per heavy atom. The number of rotatable bonds is 5. The van der Waals surface area contributed by atoms with Gasteiger partial charge in [-0.25, -0.2) is 4.68 Å². The Morgan fingerprint density at radius 1 is 1.25 bits per heavy atom. The van der Waals surface area contributed by atoms with E-state index in [1.807, 2.05) is 45.9 Å². The SMILES string of the molecule is Cc1ccc(C)c(N(C(=O)c2cc(OC(F)F)n(C)n2)C(C)C)c1. The average molecular weight is 337 g/mol. The summed E-state index contributed by atoms with van der Waals surface area (Å²) >= 11 is 0. The summed E-state index contributed by atoms with van der Waals surface area (Å²) in [5.74, 6) is -0.517. The van der Waals surface area contributed by atoms with E-state index in [0.29, 0.717) is 0 Å². The molecule has 1 aromatic carbocycles. The van der Waals surface area contributed by atoms with E-state index in [-0.39, 0.29) is 23.5 Å². The Balaban J connectivity index is 2.42. The third kappa shape index (κ3) is 3.72. The lowest BCUT2D eigenvalue weighted by atomic mass is 10.1. The normalized spacial score (nSPS) is 11.2. The molecule has 0 atom stereocenters. The predicted molar refractivity (Wildman–Crippen MR) is 87.7 cm³/mol. The van der Waals surface area contributed by atoms with Gasteiger partial charge in [0.1, 0.15) is 0 Å². The molecule has 1 amide bonds. The molecule has 2 rings (SSSR count). The van der Waals surface area contributed by atoms with E-state index < -0.39 is 6.61 Å². The zero-order valence-corrected chi connectivity index (χ0v) is 14.4. The van der Waals surface area contributed by atoms with Crippen LogP contribution in [0.5, 0.6) is 5.88 Å². The van der Waals surface area contributed by atoms with Crippen LogP contribution in [0.25, 0.3) is 0 Å². The highest BCUT2D eigenvalue weighted by Gasteiger charge is 2.26. The van der Waals surface area contributed by atoms with Crippen LogP contribution >= 0.6 is 0 Å². The maximum Gasteiger partial charge on any atom is 0.388 e. The van der Waals surface area contributed by atoms with Gasteiger partial charge in [0, 0.05) is 24.8 Å². The highest BCUT2D eigenvalue weighted by molar-refractivity contribution is 6.05. The molecule has 0 N–H and O–H groups in total. The van der Waals surface area contributed by atoms with Crippen LogP contribution in [0.2, 0.25) is 0 Å². The van der Waals surface area contributed by atoms with Crippen LogP contribution in [0.15, 0.2) is 24.3 Å². The van der Waals surface area contributed by atoms with Gasteiger partial charge in [-0.15, -0.1) is 0 Å². The fourth-order valence-electron chi connectivity index (χ4n) is 2.48. The van der Waals surface area contributed by atoms with Crippen molar-refractivity contribution in [1.29, 1.82) is 0 Å². The van der Waals surface area contributed by atoms with Gasteiger partial charge in [-0.3, -0.25) is 4.79 Å². The van der Waals surface area contributed by atoms with E-state index in [1.54, 1.807) is 4.90 Å². The van der Waals surface area contributed by atoms with Crippen molar-refractivity contribution in [2.75, 3.05) is 4.90 Å². The Kier molecular flexibility index (Phi) is 5.21. The van der Waals surface area contributed by atoms with Crippen molar-refractivity contribution in [1.82, 2.24) is 9.78 Å². The Bertz CT molecular complexity index is 741. The maximum absolute atomic E-state index is 12.9. The summed E-state index contributed by atoms with van der Waals surface area (Å²) in [4.78, 5) is 14.5. The largest absolute Gasteiger partial charge is 0.417 e. The lowest BCUT2D eigenvalue weighted by molar-refractivity contribution is -0.0553. The molecule has 0 fully saturated rings. The van der Waals surface area contributed by atoms with E-state index in [1.165, 1.54) is 13.1 Å². The molecule has 0 saturated heterocycles.